The summed E-state index contributed by atoms with van der Waals surface area (Å²) in [4.78, 5) is 14.0. The van der Waals surface area contributed by atoms with E-state index in [1.807, 2.05) is 37.3 Å². The molecule has 4 aromatic rings. The molecule has 10 nitrogen and oxygen atoms in total. The van der Waals surface area contributed by atoms with E-state index in [2.05, 4.69) is 22.5 Å². The van der Waals surface area contributed by atoms with Crippen molar-refractivity contribution >= 4 is 33.0 Å². The summed E-state index contributed by atoms with van der Waals surface area (Å²) in [5.41, 5.74) is 2.96. The number of aromatic nitrogens is 4. The van der Waals surface area contributed by atoms with Gasteiger partial charge in [0.1, 0.15) is 6.33 Å². The lowest BCUT2D eigenvalue weighted by Gasteiger charge is -2.23. The van der Waals surface area contributed by atoms with Gasteiger partial charge in [-0.25, -0.2) is 18.5 Å². The van der Waals surface area contributed by atoms with E-state index in [-0.39, 0.29) is 17.0 Å². The van der Waals surface area contributed by atoms with Crippen LogP contribution in [0.3, 0.4) is 0 Å². The highest BCUT2D eigenvalue weighted by atomic mass is 32.2. The average Bonchev–Trinajstić information content (AvgIpc) is 3.29. The molecule has 0 bridgehead atoms. The topological polar surface area (TPSA) is 137 Å². The minimum atomic E-state index is -3.79. The fraction of sp³-hybridized carbons (Fsp3) is 0.292. The third-order valence-corrected chi connectivity index (χ3v) is 6.76. The molecule has 0 amide bonds. The van der Waals surface area contributed by atoms with Crippen LogP contribution in [0.4, 0.5) is 11.8 Å². The zero-order valence-corrected chi connectivity index (χ0v) is 20.7. The molecule has 0 saturated carbocycles. The summed E-state index contributed by atoms with van der Waals surface area (Å²) in [6.45, 7) is 4.62. The minimum Gasteiger partial charge on any atom is -0.380 e. The first-order valence-electron chi connectivity index (χ1n) is 11.3. The molecule has 2 atom stereocenters. The second kappa shape index (κ2) is 10.4. The zero-order valence-electron chi connectivity index (χ0n) is 19.8. The Labute approximate surface area is 204 Å². The average molecular weight is 496 g/mol. The van der Waals surface area contributed by atoms with Crippen LogP contribution < -0.4 is 15.8 Å². The number of primary sulfonamides is 1. The molecule has 2 aromatic carbocycles. The van der Waals surface area contributed by atoms with E-state index in [1.54, 1.807) is 30.1 Å². The van der Waals surface area contributed by atoms with E-state index >= 15 is 0 Å². The smallest absolute Gasteiger partial charge is 0.238 e. The molecule has 0 saturated heterocycles. The quantitative estimate of drug-likeness (QED) is 0.305. The van der Waals surface area contributed by atoms with Crippen molar-refractivity contribution in [1.82, 2.24) is 19.5 Å². The van der Waals surface area contributed by atoms with E-state index in [1.165, 1.54) is 12.1 Å². The van der Waals surface area contributed by atoms with Gasteiger partial charge < -0.3 is 15.4 Å². The first-order valence-corrected chi connectivity index (χ1v) is 12.8. The Morgan fingerprint density at radius 3 is 2.43 bits per heavy atom. The second-order valence-electron chi connectivity index (χ2n) is 8.16. The Balaban J connectivity index is 1.76. The molecule has 35 heavy (non-hydrogen) atoms. The van der Waals surface area contributed by atoms with E-state index < -0.39 is 10.0 Å². The van der Waals surface area contributed by atoms with Gasteiger partial charge in [-0.15, -0.1) is 0 Å². The molecular weight excluding hydrogens is 466 g/mol. The molecule has 4 rings (SSSR count). The van der Waals surface area contributed by atoms with Crippen molar-refractivity contribution in [2.75, 3.05) is 17.7 Å². The molecule has 0 fully saturated rings. The number of imidazole rings is 1. The van der Waals surface area contributed by atoms with Gasteiger partial charge in [0.2, 0.25) is 16.0 Å². The van der Waals surface area contributed by atoms with E-state index in [0.29, 0.717) is 35.2 Å². The molecular formula is C24H29N7O3S. The largest absolute Gasteiger partial charge is 0.380 e. The number of nitrogens with two attached hydrogens (primary N) is 1. The van der Waals surface area contributed by atoms with Crippen LogP contribution in [0.5, 0.6) is 0 Å². The van der Waals surface area contributed by atoms with Crippen molar-refractivity contribution < 1.29 is 13.2 Å². The SMILES string of the molecule is CC[C@H](Nc1nc(NCc2ccccc2)c2ncn(-c3ccc(S(N)(=O)=O)cc3)c2n1)[C@@H](C)OC. The van der Waals surface area contributed by atoms with Crippen LogP contribution in [0.1, 0.15) is 25.8 Å². The number of sulfonamides is 1. The number of methoxy groups -OCH3 is 1. The minimum absolute atomic E-state index is 0.00448. The number of nitrogens with zero attached hydrogens (tertiary/aromatic N) is 4. The van der Waals surface area contributed by atoms with Gasteiger partial charge in [-0.05, 0) is 43.2 Å². The molecule has 0 spiro atoms. The summed E-state index contributed by atoms with van der Waals surface area (Å²) < 4.78 is 30.6. The molecule has 0 radical (unpaired) electrons. The predicted octanol–water partition coefficient (Wildman–Crippen LogP) is 3.30. The van der Waals surface area contributed by atoms with Gasteiger partial charge in [0.25, 0.3) is 0 Å². The number of benzene rings is 2. The number of hydrogen-bond donors (Lipinski definition) is 3. The van der Waals surface area contributed by atoms with Crippen LogP contribution in [-0.4, -0.2) is 47.2 Å². The molecule has 0 aliphatic rings. The molecule has 0 unspecified atom stereocenters. The highest BCUT2D eigenvalue weighted by Gasteiger charge is 2.19. The first-order chi connectivity index (χ1) is 16.8. The third-order valence-electron chi connectivity index (χ3n) is 5.84. The number of fused-ring (bicyclic) bond motifs is 1. The van der Waals surface area contributed by atoms with Gasteiger partial charge in [-0.1, -0.05) is 37.3 Å². The first kappa shape index (κ1) is 24.6. The Morgan fingerprint density at radius 1 is 1.09 bits per heavy atom. The number of rotatable bonds is 10. The molecule has 184 valence electrons. The third kappa shape index (κ3) is 5.59. The Bertz CT molecular complexity index is 1390. The second-order valence-corrected chi connectivity index (χ2v) is 9.72. The highest BCUT2D eigenvalue weighted by molar-refractivity contribution is 7.89. The van der Waals surface area contributed by atoms with Gasteiger partial charge in [-0.2, -0.15) is 9.97 Å². The van der Waals surface area contributed by atoms with Crippen molar-refractivity contribution in [2.45, 2.75) is 43.9 Å². The van der Waals surface area contributed by atoms with Crippen molar-refractivity contribution in [3.63, 3.8) is 0 Å². The normalized spacial score (nSPS) is 13.5. The van der Waals surface area contributed by atoms with Crippen molar-refractivity contribution in [1.29, 1.82) is 0 Å². The number of nitrogens with one attached hydrogen (secondary N) is 2. The van der Waals surface area contributed by atoms with Crippen LogP contribution in [0.25, 0.3) is 16.9 Å². The number of hydrogen-bond acceptors (Lipinski definition) is 8. The van der Waals surface area contributed by atoms with Crippen LogP contribution in [0.2, 0.25) is 0 Å². The maximum atomic E-state index is 11.6. The maximum Gasteiger partial charge on any atom is 0.238 e. The summed E-state index contributed by atoms with van der Waals surface area (Å²) in [5.74, 6) is 1.02. The standard InChI is InChI=1S/C24H29N7O3S/c1-4-20(16(2)34-3)28-24-29-22(26-14-17-8-6-5-7-9-17)21-23(30-24)31(15-27-21)18-10-12-19(13-11-18)35(25,32)33/h5-13,15-16,20H,4,14H2,1-3H3,(H2,25,32,33)(H2,26,28,29,30)/t16-,20+/m1/s1. The van der Waals surface area contributed by atoms with Crippen LogP contribution in [0, 0.1) is 0 Å². The van der Waals surface area contributed by atoms with Crippen molar-refractivity contribution in [2.24, 2.45) is 5.14 Å². The highest BCUT2D eigenvalue weighted by Crippen LogP contribution is 2.25. The Hall–Kier alpha value is -3.54. The lowest BCUT2D eigenvalue weighted by atomic mass is 10.1. The number of anilines is 2. The monoisotopic (exact) mass is 495 g/mol. The van der Waals surface area contributed by atoms with Gasteiger partial charge in [0.15, 0.2) is 17.0 Å². The van der Waals surface area contributed by atoms with Crippen molar-refractivity contribution in [3.8, 4) is 5.69 Å². The Kier molecular flexibility index (Phi) is 7.29. The van der Waals surface area contributed by atoms with Gasteiger partial charge in [0.05, 0.1) is 17.0 Å². The summed E-state index contributed by atoms with van der Waals surface area (Å²) in [5, 5.41) is 12.0. The molecule has 11 heteroatoms. The fourth-order valence-electron chi connectivity index (χ4n) is 3.74. The lowest BCUT2D eigenvalue weighted by Crippen LogP contribution is -2.33. The van der Waals surface area contributed by atoms with E-state index in [9.17, 15) is 8.42 Å². The summed E-state index contributed by atoms with van der Waals surface area (Å²) in [6.07, 6.45) is 2.41. The van der Waals surface area contributed by atoms with Crippen LogP contribution >= 0.6 is 0 Å². The maximum absolute atomic E-state index is 11.6. The van der Waals surface area contributed by atoms with E-state index in [4.69, 9.17) is 19.8 Å². The number of ether oxygens (including phenoxy) is 1. The summed E-state index contributed by atoms with van der Waals surface area (Å²) >= 11 is 0. The summed E-state index contributed by atoms with van der Waals surface area (Å²) in [6, 6.07) is 16.2. The molecule has 4 N–H and O–H groups in total. The molecule has 0 aliphatic carbocycles. The molecule has 2 heterocycles. The molecule has 0 aliphatic heterocycles. The van der Waals surface area contributed by atoms with E-state index in [0.717, 1.165) is 12.0 Å². The van der Waals surface area contributed by atoms with Gasteiger partial charge in [0, 0.05) is 19.3 Å². The lowest BCUT2D eigenvalue weighted by molar-refractivity contribution is 0.1000. The van der Waals surface area contributed by atoms with Gasteiger partial charge in [-0.3, -0.25) is 4.57 Å². The summed E-state index contributed by atoms with van der Waals surface area (Å²) in [7, 11) is -2.11. The van der Waals surface area contributed by atoms with Crippen molar-refractivity contribution in [3.05, 3.63) is 66.5 Å². The fourth-order valence-corrected chi connectivity index (χ4v) is 4.25. The van der Waals surface area contributed by atoms with Crippen LogP contribution in [-0.2, 0) is 21.3 Å². The van der Waals surface area contributed by atoms with Gasteiger partial charge >= 0.3 is 0 Å². The Morgan fingerprint density at radius 2 is 1.80 bits per heavy atom. The molecule has 2 aromatic heterocycles. The van der Waals surface area contributed by atoms with Crippen LogP contribution in [0.15, 0.2) is 65.8 Å². The zero-order chi connectivity index (χ0) is 25.0. The predicted molar refractivity (Wildman–Crippen MR) is 136 cm³/mol.